The number of hydrogen-bond donors (Lipinski definition) is 0. The summed E-state index contributed by atoms with van der Waals surface area (Å²) in [6.45, 7) is 36.4. The standard InChI is InChI=1S/C28H52O5.C3H6.2C2H6/c1-12-26(7,8)32-23(29)14-15-28(11)17-21(20(3)16-25(4,5)6)22(18-28)31-19-24(30)33-27(9,10)13-2;1-3-2;2*1-2/h20-22H,12-19H2,1-11H3;3H,1H2,2H3;2*1-2H3. The van der Waals surface area contributed by atoms with Crippen LogP contribution >= 0.6 is 0 Å². The second-order valence-electron chi connectivity index (χ2n) is 13.6. The first-order valence-corrected chi connectivity index (χ1v) is 15.9. The molecule has 0 N–H and O–H groups in total. The summed E-state index contributed by atoms with van der Waals surface area (Å²) < 4.78 is 17.5. The Morgan fingerprint density at radius 2 is 1.32 bits per heavy atom. The van der Waals surface area contributed by atoms with Crippen LogP contribution in [0.15, 0.2) is 12.7 Å². The summed E-state index contributed by atoms with van der Waals surface area (Å²) >= 11 is 0. The number of carbonyl (C=O) groups excluding carboxylic acids is 2. The fourth-order valence-electron chi connectivity index (χ4n) is 4.91. The quantitative estimate of drug-likeness (QED) is 0.172. The maximum absolute atomic E-state index is 12.5. The zero-order valence-corrected chi connectivity index (χ0v) is 29.7. The molecule has 1 aliphatic carbocycles. The van der Waals surface area contributed by atoms with Crippen molar-refractivity contribution in [1.29, 1.82) is 0 Å². The minimum Gasteiger partial charge on any atom is -0.460 e. The molecule has 0 aromatic heterocycles. The number of ether oxygens (including phenoxy) is 3. The molecule has 1 fully saturated rings. The van der Waals surface area contributed by atoms with Crippen LogP contribution in [-0.4, -0.2) is 35.9 Å². The lowest BCUT2D eigenvalue weighted by atomic mass is 9.76. The van der Waals surface area contributed by atoms with Crippen LogP contribution in [0.5, 0.6) is 0 Å². The average Bonchev–Trinajstić information content (AvgIpc) is 3.20. The van der Waals surface area contributed by atoms with Gasteiger partial charge in [0.2, 0.25) is 0 Å². The van der Waals surface area contributed by atoms with Gasteiger partial charge in [0.1, 0.15) is 17.8 Å². The lowest BCUT2D eigenvalue weighted by Gasteiger charge is -2.31. The van der Waals surface area contributed by atoms with Crippen LogP contribution in [0.25, 0.3) is 0 Å². The van der Waals surface area contributed by atoms with Crippen LogP contribution < -0.4 is 0 Å². The zero-order valence-electron chi connectivity index (χ0n) is 29.7. The SMILES string of the molecule is C=CC.CC.CC.CCC(C)(C)OC(=O)CCC1(C)CC(OCC(=O)OC(C)(C)CC)C(C(C)CC(C)(C)C)C1. The summed E-state index contributed by atoms with van der Waals surface area (Å²) in [5.41, 5.74) is -0.683. The molecule has 0 amide bonds. The molecule has 240 valence electrons. The number of carbonyl (C=O) groups is 2. The van der Waals surface area contributed by atoms with Crippen molar-refractivity contribution in [3.8, 4) is 0 Å². The molecule has 0 saturated heterocycles. The van der Waals surface area contributed by atoms with Gasteiger partial charge in [0, 0.05) is 6.42 Å². The molecular weight excluding hydrogens is 500 g/mol. The van der Waals surface area contributed by atoms with Gasteiger partial charge in [0.15, 0.2) is 0 Å². The van der Waals surface area contributed by atoms with Crippen molar-refractivity contribution >= 4 is 11.9 Å². The number of esters is 2. The first kappa shape index (κ1) is 43.1. The van der Waals surface area contributed by atoms with Crippen molar-refractivity contribution in [2.24, 2.45) is 22.7 Å². The Balaban J connectivity index is -0.00000178. The normalized spacial score (nSPS) is 21.3. The molecule has 0 bridgehead atoms. The second kappa shape index (κ2) is 20.5. The van der Waals surface area contributed by atoms with E-state index in [1.807, 2.05) is 76.2 Å². The topological polar surface area (TPSA) is 61.8 Å². The lowest BCUT2D eigenvalue weighted by Crippen LogP contribution is -2.32. The third-order valence-electron chi connectivity index (χ3n) is 7.40. The Kier molecular flexibility index (Phi) is 22.1. The minimum atomic E-state index is -0.476. The van der Waals surface area contributed by atoms with E-state index in [0.29, 0.717) is 18.3 Å². The predicted molar refractivity (Wildman–Crippen MR) is 173 cm³/mol. The first-order chi connectivity index (χ1) is 18.3. The van der Waals surface area contributed by atoms with E-state index < -0.39 is 11.2 Å². The summed E-state index contributed by atoms with van der Waals surface area (Å²) in [5.74, 6) is 0.385. The van der Waals surface area contributed by atoms with Gasteiger partial charge >= 0.3 is 11.9 Å². The summed E-state index contributed by atoms with van der Waals surface area (Å²) in [6, 6.07) is 0. The monoisotopic (exact) mass is 571 g/mol. The fraction of sp³-hybridized carbons (Fsp3) is 0.886. The molecule has 0 spiro atoms. The van der Waals surface area contributed by atoms with E-state index >= 15 is 0 Å². The predicted octanol–water partition coefficient (Wildman–Crippen LogP) is 10.3. The van der Waals surface area contributed by atoms with Gasteiger partial charge in [-0.25, -0.2) is 4.79 Å². The molecule has 40 heavy (non-hydrogen) atoms. The molecule has 5 nitrogen and oxygen atoms in total. The van der Waals surface area contributed by atoms with E-state index in [2.05, 4.69) is 41.2 Å². The first-order valence-electron chi connectivity index (χ1n) is 15.9. The molecule has 0 aliphatic heterocycles. The van der Waals surface area contributed by atoms with Crippen molar-refractivity contribution in [1.82, 2.24) is 0 Å². The summed E-state index contributed by atoms with van der Waals surface area (Å²) in [5, 5.41) is 0. The van der Waals surface area contributed by atoms with E-state index in [-0.39, 0.29) is 35.5 Å². The van der Waals surface area contributed by atoms with Crippen molar-refractivity contribution < 1.29 is 23.8 Å². The molecule has 4 unspecified atom stereocenters. The second-order valence-corrected chi connectivity index (χ2v) is 13.6. The summed E-state index contributed by atoms with van der Waals surface area (Å²) in [6.07, 6.45) is 7.42. The Labute approximate surface area is 250 Å². The number of hydrogen-bond acceptors (Lipinski definition) is 5. The lowest BCUT2D eigenvalue weighted by molar-refractivity contribution is -0.165. The maximum Gasteiger partial charge on any atom is 0.332 e. The van der Waals surface area contributed by atoms with Crippen LogP contribution in [0.4, 0.5) is 0 Å². The van der Waals surface area contributed by atoms with Gasteiger partial charge in [0.25, 0.3) is 0 Å². The highest BCUT2D eigenvalue weighted by atomic mass is 16.6. The van der Waals surface area contributed by atoms with Crippen LogP contribution in [0.1, 0.15) is 156 Å². The highest BCUT2D eigenvalue weighted by Crippen LogP contribution is 2.50. The highest BCUT2D eigenvalue weighted by molar-refractivity contribution is 5.71. The smallest absolute Gasteiger partial charge is 0.332 e. The van der Waals surface area contributed by atoms with Crippen LogP contribution in [0.3, 0.4) is 0 Å². The molecule has 1 aliphatic rings. The average molecular weight is 571 g/mol. The van der Waals surface area contributed by atoms with Crippen molar-refractivity contribution in [3.63, 3.8) is 0 Å². The van der Waals surface area contributed by atoms with E-state index in [9.17, 15) is 9.59 Å². The van der Waals surface area contributed by atoms with Gasteiger partial charge in [-0.3, -0.25) is 4.79 Å². The zero-order chi connectivity index (χ0) is 32.4. The van der Waals surface area contributed by atoms with Crippen molar-refractivity contribution in [2.75, 3.05) is 6.61 Å². The molecule has 0 aromatic rings. The molecule has 4 atom stereocenters. The van der Waals surface area contributed by atoms with E-state index in [0.717, 1.165) is 38.5 Å². The van der Waals surface area contributed by atoms with Gasteiger partial charge < -0.3 is 14.2 Å². The van der Waals surface area contributed by atoms with Crippen LogP contribution in [0, 0.1) is 22.7 Å². The van der Waals surface area contributed by atoms with Gasteiger partial charge in [-0.2, -0.15) is 0 Å². The Bertz CT molecular complexity index is 688. The Morgan fingerprint density at radius 3 is 1.73 bits per heavy atom. The van der Waals surface area contributed by atoms with E-state index in [4.69, 9.17) is 14.2 Å². The minimum absolute atomic E-state index is 0.00672. The van der Waals surface area contributed by atoms with Gasteiger partial charge in [-0.15, -0.1) is 6.58 Å². The summed E-state index contributed by atoms with van der Waals surface area (Å²) in [7, 11) is 0. The van der Waals surface area contributed by atoms with E-state index in [1.54, 1.807) is 6.08 Å². The molecule has 5 heteroatoms. The number of allylic oxidation sites excluding steroid dienone is 1. The van der Waals surface area contributed by atoms with Crippen LogP contribution in [0.2, 0.25) is 0 Å². The molecule has 1 saturated carbocycles. The van der Waals surface area contributed by atoms with Gasteiger partial charge in [-0.05, 0) is 95.8 Å². The number of rotatable bonds is 12. The summed E-state index contributed by atoms with van der Waals surface area (Å²) in [4.78, 5) is 24.9. The highest BCUT2D eigenvalue weighted by Gasteiger charge is 2.45. The molecule has 0 radical (unpaired) electrons. The van der Waals surface area contributed by atoms with Crippen molar-refractivity contribution in [3.05, 3.63) is 12.7 Å². The van der Waals surface area contributed by atoms with E-state index in [1.165, 1.54) is 0 Å². The van der Waals surface area contributed by atoms with Crippen LogP contribution in [-0.2, 0) is 23.8 Å². The Hall–Kier alpha value is -1.36. The molecule has 0 heterocycles. The molecular formula is C35H70O5. The Morgan fingerprint density at radius 1 is 0.900 bits per heavy atom. The maximum atomic E-state index is 12.5. The van der Waals surface area contributed by atoms with Gasteiger partial charge in [0.05, 0.1) is 6.10 Å². The third kappa shape index (κ3) is 19.7. The largest absolute Gasteiger partial charge is 0.460 e. The van der Waals surface area contributed by atoms with Crippen molar-refractivity contribution in [2.45, 2.75) is 173 Å². The molecule has 1 rings (SSSR count). The fourth-order valence-corrected chi connectivity index (χ4v) is 4.91. The third-order valence-corrected chi connectivity index (χ3v) is 7.40. The van der Waals surface area contributed by atoms with Gasteiger partial charge in [-0.1, -0.05) is 82.2 Å². The molecule has 0 aromatic carbocycles.